The predicted octanol–water partition coefficient (Wildman–Crippen LogP) is 4.78. The van der Waals surface area contributed by atoms with E-state index in [4.69, 9.17) is 5.21 Å². The van der Waals surface area contributed by atoms with E-state index in [1.807, 2.05) is 0 Å². The van der Waals surface area contributed by atoms with Crippen LogP contribution in [0.1, 0.15) is 17.7 Å². The first-order valence-electron chi connectivity index (χ1n) is 8.07. The summed E-state index contributed by atoms with van der Waals surface area (Å²) in [5.74, 6) is -0.572. The standard InChI is InChI=1S/C18H19NO3S4/c1-26(22)17(18(20)19-21)6-2-4-12-7-8-15(24-12)16-10-9-14(25-16)13-5-3-11-23-13/h3,5,7-11,17,21H,2,4,6H2,1H3,(H,19,20). The molecule has 8 heteroatoms. The summed E-state index contributed by atoms with van der Waals surface area (Å²) in [6.45, 7) is 0. The van der Waals surface area contributed by atoms with E-state index in [9.17, 15) is 9.35 Å². The Hall–Kier alpha value is -1.16. The lowest BCUT2D eigenvalue weighted by Gasteiger charge is -2.16. The van der Waals surface area contributed by atoms with Gasteiger partial charge >= 0.3 is 0 Å². The summed E-state index contributed by atoms with van der Waals surface area (Å²) in [7, 11) is 0. The van der Waals surface area contributed by atoms with Crippen molar-refractivity contribution >= 4 is 51.1 Å². The van der Waals surface area contributed by atoms with Crippen LogP contribution < -0.4 is 5.48 Å². The van der Waals surface area contributed by atoms with E-state index in [1.54, 1.807) is 39.5 Å². The second kappa shape index (κ2) is 9.16. The van der Waals surface area contributed by atoms with Crippen molar-refractivity contribution in [3.05, 3.63) is 46.7 Å². The van der Waals surface area contributed by atoms with Gasteiger partial charge in [0.1, 0.15) is 0 Å². The minimum absolute atomic E-state index is 0.490. The summed E-state index contributed by atoms with van der Waals surface area (Å²) in [5.41, 5.74) is 1.61. The Kier molecular flexibility index (Phi) is 6.91. The number of hydrogen-bond acceptors (Lipinski definition) is 6. The molecular weight excluding hydrogens is 406 g/mol. The lowest BCUT2D eigenvalue weighted by molar-refractivity contribution is -0.128. The van der Waals surface area contributed by atoms with E-state index in [0.717, 1.165) is 12.8 Å². The van der Waals surface area contributed by atoms with Gasteiger partial charge in [-0.3, -0.25) is 10.0 Å². The van der Waals surface area contributed by atoms with Crippen molar-refractivity contribution in [3.8, 4) is 19.5 Å². The van der Waals surface area contributed by atoms with Crippen molar-refractivity contribution in [1.82, 2.24) is 5.48 Å². The molecule has 0 radical (unpaired) electrons. The average Bonchev–Trinajstić information content (AvgIpc) is 3.38. The van der Waals surface area contributed by atoms with Crippen molar-refractivity contribution in [2.24, 2.45) is 0 Å². The molecule has 3 heterocycles. The van der Waals surface area contributed by atoms with Crippen LogP contribution in [0.2, 0.25) is 0 Å². The minimum Gasteiger partial charge on any atom is -0.616 e. The first-order valence-corrected chi connectivity index (χ1v) is 12.2. The summed E-state index contributed by atoms with van der Waals surface area (Å²) in [5, 5.41) is 10.2. The van der Waals surface area contributed by atoms with Crippen LogP contribution in [0.25, 0.3) is 19.5 Å². The van der Waals surface area contributed by atoms with Crippen LogP contribution in [-0.4, -0.2) is 27.2 Å². The van der Waals surface area contributed by atoms with Crippen LogP contribution in [0.15, 0.2) is 41.8 Å². The molecule has 3 aromatic rings. The predicted molar refractivity (Wildman–Crippen MR) is 112 cm³/mol. The van der Waals surface area contributed by atoms with Crippen molar-refractivity contribution in [1.29, 1.82) is 0 Å². The van der Waals surface area contributed by atoms with Gasteiger partial charge in [-0.1, -0.05) is 6.07 Å². The minimum atomic E-state index is -1.29. The summed E-state index contributed by atoms with van der Waals surface area (Å²) in [6, 6.07) is 12.8. The van der Waals surface area contributed by atoms with Gasteiger partial charge in [0.25, 0.3) is 5.91 Å². The largest absolute Gasteiger partial charge is 0.616 e. The molecule has 0 saturated carbocycles. The van der Waals surface area contributed by atoms with Crippen molar-refractivity contribution in [2.75, 3.05) is 6.26 Å². The molecule has 2 N–H and O–H groups in total. The van der Waals surface area contributed by atoms with Crippen LogP contribution in [0.4, 0.5) is 0 Å². The number of nitrogens with one attached hydrogen (secondary N) is 1. The molecule has 0 bridgehead atoms. The van der Waals surface area contributed by atoms with Crippen molar-refractivity contribution in [2.45, 2.75) is 24.5 Å². The van der Waals surface area contributed by atoms with Crippen molar-refractivity contribution < 1.29 is 14.6 Å². The second-order valence-corrected chi connectivity index (χ2v) is 10.5. The van der Waals surface area contributed by atoms with Gasteiger partial charge in [-0.2, -0.15) is 0 Å². The number of hydrogen-bond donors (Lipinski definition) is 2. The van der Waals surface area contributed by atoms with Crippen molar-refractivity contribution in [3.63, 3.8) is 0 Å². The third-order valence-electron chi connectivity index (χ3n) is 3.97. The van der Waals surface area contributed by atoms with Gasteiger partial charge in [0, 0.05) is 30.8 Å². The number of carbonyl (C=O) groups excluding carboxylic acids is 1. The molecule has 0 aliphatic carbocycles. The van der Waals surface area contributed by atoms with Crippen LogP contribution >= 0.6 is 34.0 Å². The molecule has 3 aromatic heterocycles. The van der Waals surface area contributed by atoms with E-state index < -0.39 is 22.3 Å². The first-order chi connectivity index (χ1) is 12.6. The Labute approximate surface area is 167 Å². The van der Waals surface area contributed by atoms with Gasteiger partial charge < -0.3 is 4.55 Å². The van der Waals surface area contributed by atoms with Gasteiger partial charge in [-0.15, -0.1) is 34.0 Å². The topological polar surface area (TPSA) is 72.4 Å². The van der Waals surface area contributed by atoms with E-state index in [1.165, 1.54) is 30.6 Å². The highest BCUT2D eigenvalue weighted by molar-refractivity contribution is 7.92. The fraction of sp³-hybridized carbons (Fsp3) is 0.278. The van der Waals surface area contributed by atoms with E-state index in [-0.39, 0.29) is 0 Å². The molecule has 3 rings (SSSR count). The molecule has 1 amide bonds. The van der Waals surface area contributed by atoms with Gasteiger partial charge in [-0.25, -0.2) is 5.48 Å². The SMILES string of the molecule is C[S+]([O-])C(CCCc1ccc(-c2ccc(-c3cccs3)s2)s1)C(=O)NO. The van der Waals surface area contributed by atoms with Crippen LogP contribution in [0.3, 0.4) is 0 Å². The smallest absolute Gasteiger partial charge is 0.296 e. The number of thiophene rings is 3. The van der Waals surface area contributed by atoms with Gasteiger partial charge in [-0.05, 0) is 59.7 Å². The first kappa shape index (κ1) is 19.6. The third-order valence-corrected chi connectivity index (χ3v) is 8.71. The average molecular weight is 426 g/mol. The highest BCUT2D eigenvalue weighted by Crippen LogP contribution is 2.39. The Morgan fingerprint density at radius 1 is 1.15 bits per heavy atom. The molecule has 2 unspecified atom stereocenters. The zero-order valence-corrected chi connectivity index (χ0v) is 17.4. The maximum atomic E-state index is 11.6. The van der Waals surface area contributed by atoms with Gasteiger partial charge in [0.2, 0.25) is 0 Å². The Bertz CT molecular complexity index is 838. The molecular formula is C18H19NO3S4. The summed E-state index contributed by atoms with van der Waals surface area (Å²) < 4.78 is 11.6. The Balaban J connectivity index is 1.59. The summed E-state index contributed by atoms with van der Waals surface area (Å²) in [4.78, 5) is 17.9. The monoisotopic (exact) mass is 425 g/mol. The second-order valence-electron chi connectivity index (χ2n) is 5.76. The highest BCUT2D eigenvalue weighted by atomic mass is 32.2. The number of amides is 1. The molecule has 26 heavy (non-hydrogen) atoms. The Morgan fingerprint density at radius 3 is 2.50 bits per heavy atom. The fourth-order valence-electron chi connectivity index (χ4n) is 2.65. The lowest BCUT2D eigenvalue weighted by Crippen LogP contribution is -2.37. The maximum Gasteiger partial charge on any atom is 0.296 e. The van der Waals surface area contributed by atoms with Crippen LogP contribution in [-0.2, 0) is 22.4 Å². The number of rotatable bonds is 8. The van der Waals surface area contributed by atoms with E-state index >= 15 is 0 Å². The molecule has 0 saturated heterocycles. The quantitative estimate of drug-likeness (QED) is 0.310. The van der Waals surface area contributed by atoms with E-state index in [0.29, 0.717) is 6.42 Å². The molecule has 138 valence electrons. The molecule has 0 spiro atoms. The molecule has 0 aliphatic heterocycles. The molecule has 0 fully saturated rings. The molecule has 4 nitrogen and oxygen atoms in total. The Morgan fingerprint density at radius 2 is 1.85 bits per heavy atom. The molecule has 0 aromatic carbocycles. The van der Waals surface area contributed by atoms with Gasteiger partial charge in [0.15, 0.2) is 5.25 Å². The number of aryl methyl sites for hydroxylation is 1. The van der Waals surface area contributed by atoms with Crippen LogP contribution in [0, 0.1) is 0 Å². The van der Waals surface area contributed by atoms with Gasteiger partial charge in [0.05, 0.1) is 6.26 Å². The number of carbonyl (C=O) groups is 1. The molecule has 2 atom stereocenters. The normalized spacial score (nSPS) is 13.5. The number of hydroxylamine groups is 1. The third kappa shape index (κ3) is 4.76. The summed E-state index contributed by atoms with van der Waals surface area (Å²) >= 11 is 4.01. The summed E-state index contributed by atoms with van der Waals surface area (Å²) in [6.07, 6.45) is 3.57. The fourth-order valence-corrected chi connectivity index (χ4v) is 6.48. The highest BCUT2D eigenvalue weighted by Gasteiger charge is 2.26. The lowest BCUT2D eigenvalue weighted by atomic mass is 10.1. The van der Waals surface area contributed by atoms with E-state index in [2.05, 4.69) is 41.8 Å². The zero-order chi connectivity index (χ0) is 18.5. The molecule has 0 aliphatic rings. The zero-order valence-electron chi connectivity index (χ0n) is 14.1. The van der Waals surface area contributed by atoms with Crippen LogP contribution in [0.5, 0.6) is 0 Å². The maximum absolute atomic E-state index is 11.6.